The molecule has 0 bridgehead atoms. The molecule has 0 aromatic heterocycles. The van der Waals surface area contributed by atoms with Crippen LogP contribution in [0.2, 0.25) is 0 Å². The number of rotatable bonds is 6. The number of fused-ring (bicyclic) bond motifs is 2. The van der Waals surface area contributed by atoms with Crippen LogP contribution in [0.5, 0.6) is 11.5 Å². The lowest BCUT2D eigenvalue weighted by molar-refractivity contribution is 0.326. The molecule has 0 aliphatic heterocycles. The number of nitrogens with two attached hydrogens (primary N) is 1. The van der Waals surface area contributed by atoms with E-state index in [9.17, 15) is 0 Å². The van der Waals surface area contributed by atoms with Crippen LogP contribution in [0.3, 0.4) is 0 Å². The summed E-state index contributed by atoms with van der Waals surface area (Å²) < 4.78 is 11.7. The zero-order valence-electron chi connectivity index (χ0n) is 15.4. The second kappa shape index (κ2) is 7.68. The van der Waals surface area contributed by atoms with Crippen molar-refractivity contribution in [3.8, 4) is 11.5 Å². The summed E-state index contributed by atoms with van der Waals surface area (Å²) in [6.07, 6.45) is 0.728. The van der Waals surface area contributed by atoms with Crippen LogP contribution in [0.4, 0.5) is 0 Å². The molecule has 0 atom stereocenters. The Morgan fingerprint density at radius 1 is 0.704 bits per heavy atom. The summed E-state index contributed by atoms with van der Waals surface area (Å²) >= 11 is 0. The van der Waals surface area contributed by atoms with Crippen LogP contribution >= 0.6 is 0 Å². The molecule has 136 valence electrons. The Bertz CT molecular complexity index is 1090. The van der Waals surface area contributed by atoms with E-state index in [0.717, 1.165) is 23.5 Å². The van der Waals surface area contributed by atoms with Gasteiger partial charge in [0.05, 0.1) is 7.11 Å². The van der Waals surface area contributed by atoms with Gasteiger partial charge in [-0.05, 0) is 33.7 Å². The summed E-state index contributed by atoms with van der Waals surface area (Å²) in [5.74, 6) is 1.78. The Morgan fingerprint density at radius 2 is 1.26 bits per heavy atom. The van der Waals surface area contributed by atoms with Crippen LogP contribution in [0, 0.1) is 0 Å². The lowest BCUT2D eigenvalue weighted by Gasteiger charge is -2.17. The van der Waals surface area contributed by atoms with Crippen molar-refractivity contribution < 1.29 is 9.47 Å². The maximum Gasteiger partial charge on any atom is 0.123 e. The van der Waals surface area contributed by atoms with Crippen LogP contribution in [-0.2, 0) is 6.42 Å². The highest BCUT2D eigenvalue weighted by atomic mass is 16.5. The summed E-state index contributed by atoms with van der Waals surface area (Å²) in [5.41, 5.74) is 8.00. The minimum absolute atomic E-state index is 0.490. The lowest BCUT2D eigenvalue weighted by atomic mass is 9.93. The molecule has 0 fully saturated rings. The number of ether oxygens (including phenoxy) is 2. The normalized spacial score (nSPS) is 11.0. The highest BCUT2D eigenvalue weighted by Crippen LogP contribution is 2.35. The molecule has 0 radical (unpaired) electrons. The zero-order valence-corrected chi connectivity index (χ0v) is 15.4. The third kappa shape index (κ3) is 3.34. The fraction of sp³-hybridized carbons (Fsp3) is 0.167. The van der Waals surface area contributed by atoms with Crippen LogP contribution < -0.4 is 15.2 Å². The van der Waals surface area contributed by atoms with Gasteiger partial charge in [0.1, 0.15) is 18.1 Å². The first-order valence-electron chi connectivity index (χ1n) is 9.20. The van der Waals surface area contributed by atoms with Gasteiger partial charge in [0.15, 0.2) is 0 Å². The van der Waals surface area contributed by atoms with Gasteiger partial charge in [-0.2, -0.15) is 0 Å². The minimum atomic E-state index is 0.490. The summed E-state index contributed by atoms with van der Waals surface area (Å²) in [6.45, 7) is 0.988. The number of hydrogen-bond donors (Lipinski definition) is 1. The predicted octanol–water partition coefficient (Wildman–Crippen LogP) is 4.93. The van der Waals surface area contributed by atoms with Crippen LogP contribution in [0.15, 0.2) is 72.8 Å². The molecule has 0 spiro atoms. The number of benzene rings is 4. The van der Waals surface area contributed by atoms with E-state index in [0.29, 0.717) is 13.2 Å². The smallest absolute Gasteiger partial charge is 0.123 e. The first kappa shape index (κ1) is 17.4. The standard InChI is InChI=1S/C24H23NO2/c1-26-23-12-10-17-6-2-4-8-19(17)21(23)16-22-20-9-5-3-7-18(20)11-13-24(22)27-15-14-25/h2-13H,14-16,25H2,1H3. The molecule has 0 aliphatic carbocycles. The molecule has 4 aromatic rings. The molecular weight excluding hydrogens is 334 g/mol. The van der Waals surface area contributed by atoms with Gasteiger partial charge in [-0.15, -0.1) is 0 Å². The van der Waals surface area contributed by atoms with Crippen LogP contribution in [-0.4, -0.2) is 20.3 Å². The fourth-order valence-electron chi connectivity index (χ4n) is 3.67. The Labute approximate surface area is 159 Å². The van der Waals surface area contributed by atoms with E-state index in [4.69, 9.17) is 15.2 Å². The molecular formula is C24H23NO2. The Morgan fingerprint density at radius 3 is 1.85 bits per heavy atom. The van der Waals surface area contributed by atoms with E-state index in [-0.39, 0.29) is 0 Å². The quantitative estimate of drug-likeness (QED) is 0.532. The summed E-state index contributed by atoms with van der Waals surface area (Å²) in [6, 6.07) is 25.1. The van der Waals surface area contributed by atoms with E-state index in [1.807, 2.05) is 12.1 Å². The van der Waals surface area contributed by atoms with Gasteiger partial charge in [-0.25, -0.2) is 0 Å². The largest absolute Gasteiger partial charge is 0.496 e. The molecule has 0 heterocycles. The van der Waals surface area contributed by atoms with Crippen molar-refractivity contribution in [3.63, 3.8) is 0 Å². The third-order valence-electron chi connectivity index (χ3n) is 4.94. The molecule has 4 rings (SSSR count). The second-order valence-electron chi connectivity index (χ2n) is 6.54. The molecule has 3 nitrogen and oxygen atoms in total. The molecule has 2 N–H and O–H groups in total. The minimum Gasteiger partial charge on any atom is -0.496 e. The average Bonchev–Trinajstić information content (AvgIpc) is 2.73. The summed E-state index contributed by atoms with van der Waals surface area (Å²) in [5, 5.41) is 4.81. The Balaban J connectivity index is 1.92. The van der Waals surface area contributed by atoms with Crippen molar-refractivity contribution in [1.82, 2.24) is 0 Å². The first-order chi connectivity index (χ1) is 13.3. The number of methoxy groups -OCH3 is 1. The monoisotopic (exact) mass is 357 g/mol. The van der Waals surface area contributed by atoms with Gasteiger partial charge in [-0.1, -0.05) is 60.7 Å². The van der Waals surface area contributed by atoms with E-state index in [1.54, 1.807) is 7.11 Å². The highest BCUT2D eigenvalue weighted by molar-refractivity contribution is 5.91. The molecule has 3 heteroatoms. The maximum absolute atomic E-state index is 5.99. The molecule has 27 heavy (non-hydrogen) atoms. The SMILES string of the molecule is COc1ccc2ccccc2c1Cc1c(OCCN)ccc2ccccc12. The van der Waals surface area contributed by atoms with E-state index in [2.05, 4.69) is 60.7 Å². The van der Waals surface area contributed by atoms with Crippen molar-refractivity contribution in [3.05, 3.63) is 83.9 Å². The van der Waals surface area contributed by atoms with Crippen molar-refractivity contribution in [2.45, 2.75) is 6.42 Å². The van der Waals surface area contributed by atoms with Gasteiger partial charge in [-0.3, -0.25) is 0 Å². The van der Waals surface area contributed by atoms with E-state index in [1.165, 1.54) is 27.1 Å². The summed E-state index contributed by atoms with van der Waals surface area (Å²) in [7, 11) is 1.72. The highest BCUT2D eigenvalue weighted by Gasteiger charge is 2.15. The van der Waals surface area contributed by atoms with Gasteiger partial charge < -0.3 is 15.2 Å². The molecule has 0 saturated heterocycles. The Kier molecular flexibility index (Phi) is 4.95. The predicted molar refractivity (Wildman–Crippen MR) is 112 cm³/mol. The lowest BCUT2D eigenvalue weighted by Crippen LogP contribution is -2.12. The van der Waals surface area contributed by atoms with Crippen molar-refractivity contribution in [2.24, 2.45) is 5.73 Å². The molecule has 0 unspecified atom stereocenters. The molecule has 0 saturated carbocycles. The van der Waals surface area contributed by atoms with Crippen molar-refractivity contribution in [2.75, 3.05) is 20.3 Å². The maximum atomic E-state index is 5.99. The van der Waals surface area contributed by atoms with Gasteiger partial charge in [0.2, 0.25) is 0 Å². The number of hydrogen-bond acceptors (Lipinski definition) is 3. The second-order valence-corrected chi connectivity index (χ2v) is 6.54. The van der Waals surface area contributed by atoms with Crippen molar-refractivity contribution >= 4 is 21.5 Å². The average molecular weight is 357 g/mol. The molecule has 4 aromatic carbocycles. The van der Waals surface area contributed by atoms with Crippen LogP contribution in [0.25, 0.3) is 21.5 Å². The topological polar surface area (TPSA) is 44.5 Å². The molecule has 0 aliphatic rings. The molecule has 0 amide bonds. The third-order valence-corrected chi connectivity index (χ3v) is 4.94. The Hall–Kier alpha value is -3.04. The van der Waals surface area contributed by atoms with E-state index >= 15 is 0 Å². The van der Waals surface area contributed by atoms with Gasteiger partial charge in [0, 0.05) is 24.1 Å². The van der Waals surface area contributed by atoms with Crippen molar-refractivity contribution in [1.29, 1.82) is 0 Å². The van der Waals surface area contributed by atoms with E-state index < -0.39 is 0 Å². The van der Waals surface area contributed by atoms with Gasteiger partial charge in [0.25, 0.3) is 0 Å². The summed E-state index contributed by atoms with van der Waals surface area (Å²) in [4.78, 5) is 0. The van der Waals surface area contributed by atoms with Crippen LogP contribution in [0.1, 0.15) is 11.1 Å². The zero-order chi connectivity index (χ0) is 18.6. The first-order valence-corrected chi connectivity index (χ1v) is 9.20. The fourth-order valence-corrected chi connectivity index (χ4v) is 3.67. The van der Waals surface area contributed by atoms with Gasteiger partial charge >= 0.3 is 0 Å².